The molecule has 118 valence electrons. The summed E-state index contributed by atoms with van der Waals surface area (Å²) < 4.78 is 13.0. The van der Waals surface area contributed by atoms with Crippen molar-refractivity contribution in [3.05, 3.63) is 0 Å². The molecule has 1 aliphatic heterocycles. The summed E-state index contributed by atoms with van der Waals surface area (Å²) in [6.45, 7) is 0. The van der Waals surface area contributed by atoms with E-state index in [4.69, 9.17) is 25.5 Å². The summed E-state index contributed by atoms with van der Waals surface area (Å²) in [5, 5.41) is 44.6. The van der Waals surface area contributed by atoms with E-state index in [0.717, 1.165) is 0 Å². The molecule has 13 heteroatoms. The van der Waals surface area contributed by atoms with E-state index in [-0.39, 0.29) is 0 Å². The van der Waals surface area contributed by atoms with E-state index in [1.807, 2.05) is 0 Å². The van der Waals surface area contributed by atoms with Gasteiger partial charge in [0.1, 0.15) is 0 Å². The van der Waals surface area contributed by atoms with E-state index in [1.54, 1.807) is 0 Å². The zero-order valence-corrected chi connectivity index (χ0v) is 12.4. The van der Waals surface area contributed by atoms with Crippen molar-refractivity contribution in [2.75, 3.05) is 0 Å². The second-order valence-electron chi connectivity index (χ2n) is 3.57. The minimum absolute atomic E-state index is 1.49. The number of hydrogen-bond donors (Lipinski definition) is 5. The van der Waals surface area contributed by atoms with Crippen LogP contribution in [-0.4, -0.2) is 95.3 Å². The molecule has 1 saturated heterocycles. The molecule has 21 heavy (non-hydrogen) atoms. The summed E-state index contributed by atoms with van der Waals surface area (Å²) in [6.07, 6.45) is -9.49. The molecule has 4 atom stereocenters. The van der Waals surface area contributed by atoms with Gasteiger partial charge in [-0.15, -0.1) is 0 Å². The third-order valence-corrected chi connectivity index (χ3v) is 4.89. The van der Waals surface area contributed by atoms with Crippen LogP contribution in [0.3, 0.4) is 0 Å². The number of carbonyl (C=O) groups is 4. The molecule has 1 aliphatic rings. The van der Waals surface area contributed by atoms with E-state index in [1.165, 1.54) is 0 Å². The Hall–Kier alpha value is -1.46. The molecule has 0 bridgehead atoms. The maximum atomic E-state index is 11.3. The molecule has 1 fully saturated rings. The topological polar surface area (TPSA) is 197 Å². The van der Waals surface area contributed by atoms with Crippen molar-refractivity contribution in [3.8, 4) is 0 Å². The Kier molecular flexibility index (Phi) is 5.86. The summed E-state index contributed by atoms with van der Waals surface area (Å²) in [5.41, 5.74) is 0. The first kappa shape index (κ1) is 17.6. The number of aliphatic hydroxyl groups excluding tert-OH is 4. The van der Waals surface area contributed by atoms with Crippen LogP contribution in [0, 0.1) is 0 Å². The first-order valence-electron chi connectivity index (χ1n) is 5.05. The Balaban J connectivity index is 2.74. The van der Waals surface area contributed by atoms with Gasteiger partial charge in [0.05, 0.1) is 0 Å². The van der Waals surface area contributed by atoms with Crippen LogP contribution in [0.5, 0.6) is 0 Å². The quantitative estimate of drug-likeness (QED) is 0.273. The van der Waals surface area contributed by atoms with Crippen LogP contribution < -0.4 is 0 Å². The normalized spacial score (nSPS) is 26.1. The number of rotatable bonds is 4. The maximum absolute atomic E-state index is 11.3. The van der Waals surface area contributed by atoms with E-state index in [0.29, 0.717) is 0 Å². The predicted molar refractivity (Wildman–Crippen MR) is 55.7 cm³/mol. The molecule has 5 N–H and O–H groups in total. The molecular formula is C8H9O12Sb. The average Bonchev–Trinajstić information content (AvgIpc) is 2.50. The Labute approximate surface area is 124 Å². The second kappa shape index (κ2) is 7.00. The summed E-state index contributed by atoms with van der Waals surface area (Å²) in [5.74, 6) is -6.61. The van der Waals surface area contributed by atoms with Gasteiger partial charge in [-0.05, 0) is 0 Å². The van der Waals surface area contributed by atoms with Gasteiger partial charge in [0.25, 0.3) is 0 Å². The third kappa shape index (κ3) is 4.25. The molecule has 12 nitrogen and oxygen atoms in total. The van der Waals surface area contributed by atoms with Gasteiger partial charge in [-0.25, -0.2) is 0 Å². The van der Waals surface area contributed by atoms with Gasteiger partial charge in [-0.2, -0.15) is 0 Å². The summed E-state index contributed by atoms with van der Waals surface area (Å²) >= 11 is -4.37. The number of aliphatic carboxylic acids is 1. The fourth-order valence-electron chi connectivity index (χ4n) is 0.960. The third-order valence-electron chi connectivity index (χ3n) is 2.07. The summed E-state index contributed by atoms with van der Waals surface area (Å²) in [6, 6.07) is 0. The van der Waals surface area contributed by atoms with Gasteiger partial charge in [-0.1, -0.05) is 0 Å². The Morgan fingerprint density at radius 3 is 1.86 bits per heavy atom. The molecule has 1 rings (SSSR count). The van der Waals surface area contributed by atoms with Gasteiger partial charge in [0.15, 0.2) is 0 Å². The van der Waals surface area contributed by atoms with Crippen molar-refractivity contribution in [1.82, 2.24) is 0 Å². The number of carboxylic acid groups (broad SMARTS) is 1. The number of carbonyl (C=O) groups excluding carboxylic acids is 3. The second-order valence-corrected chi connectivity index (χ2v) is 6.41. The number of aliphatic hydroxyl groups is 4. The first-order chi connectivity index (χ1) is 9.65. The molecule has 0 aromatic carbocycles. The molecule has 0 unspecified atom stereocenters. The Morgan fingerprint density at radius 2 is 1.48 bits per heavy atom. The van der Waals surface area contributed by atoms with Gasteiger partial charge < -0.3 is 0 Å². The van der Waals surface area contributed by atoms with Gasteiger partial charge in [-0.3, -0.25) is 0 Å². The van der Waals surface area contributed by atoms with E-state index >= 15 is 0 Å². The zero-order chi connectivity index (χ0) is 16.3. The van der Waals surface area contributed by atoms with Crippen molar-refractivity contribution in [1.29, 1.82) is 0 Å². The Bertz CT molecular complexity index is 440. The van der Waals surface area contributed by atoms with Crippen molar-refractivity contribution < 1.29 is 53.8 Å². The van der Waals surface area contributed by atoms with Gasteiger partial charge in [0, 0.05) is 0 Å². The van der Waals surface area contributed by atoms with E-state index in [9.17, 15) is 19.2 Å². The van der Waals surface area contributed by atoms with E-state index in [2.05, 4.69) is 9.05 Å². The molecule has 0 aliphatic carbocycles. The molecule has 0 saturated carbocycles. The van der Waals surface area contributed by atoms with Crippen LogP contribution >= 0.6 is 0 Å². The summed E-state index contributed by atoms with van der Waals surface area (Å²) in [4.78, 5) is 43.9. The number of hydrogen-bond acceptors (Lipinski definition) is 11. The van der Waals surface area contributed by atoms with E-state index < -0.39 is 69.8 Å². The van der Waals surface area contributed by atoms with Crippen LogP contribution in [-0.2, 0) is 28.2 Å². The minimum atomic E-state index is -4.37. The summed E-state index contributed by atoms with van der Waals surface area (Å²) in [7, 11) is 0. The fraction of sp³-hybridized carbons (Fsp3) is 0.500. The van der Waals surface area contributed by atoms with Crippen molar-refractivity contribution in [3.63, 3.8) is 0 Å². The first-order valence-corrected chi connectivity index (χ1v) is 8.18. The molecule has 0 aromatic rings. The van der Waals surface area contributed by atoms with Gasteiger partial charge in [0.2, 0.25) is 0 Å². The monoisotopic (exact) mass is 418 g/mol. The molecule has 0 amide bonds. The Morgan fingerprint density at radius 1 is 1.05 bits per heavy atom. The SMILES string of the molecule is O=C(O)[C@H](O)[C@@H](O)C(=O)[O][Sb]1[O]C(=O)[C@H](O)[C@@H](O)C(=O)[O]1. The van der Waals surface area contributed by atoms with Crippen molar-refractivity contribution >= 4 is 45.3 Å². The van der Waals surface area contributed by atoms with Crippen LogP contribution in [0.1, 0.15) is 0 Å². The number of carboxylic acids is 1. The molecule has 0 radical (unpaired) electrons. The van der Waals surface area contributed by atoms with Crippen LogP contribution in [0.2, 0.25) is 0 Å². The van der Waals surface area contributed by atoms with Gasteiger partial charge >= 0.3 is 124 Å². The predicted octanol–water partition coefficient (Wildman–Crippen LogP) is -4.86. The fourth-order valence-corrected chi connectivity index (χ4v) is 3.46. The average molecular weight is 419 g/mol. The molecular weight excluding hydrogens is 410 g/mol. The van der Waals surface area contributed by atoms with Crippen molar-refractivity contribution in [2.45, 2.75) is 24.4 Å². The standard InChI is InChI=1S/2C4H6O6.Sb/c2*5-1(3(7)8)2(6)4(9)10;/h2*1-2,5-6H,(H,7,8)(H,9,10);/q;;+3/p-3/t2*1-,2-;/m11./s1. The van der Waals surface area contributed by atoms with Crippen LogP contribution in [0.25, 0.3) is 0 Å². The zero-order valence-electron chi connectivity index (χ0n) is 9.85. The molecule has 1 heterocycles. The van der Waals surface area contributed by atoms with Crippen molar-refractivity contribution in [2.24, 2.45) is 0 Å². The molecule has 0 spiro atoms. The van der Waals surface area contributed by atoms with Crippen LogP contribution in [0.4, 0.5) is 0 Å². The van der Waals surface area contributed by atoms with Crippen LogP contribution in [0.15, 0.2) is 0 Å². The molecule has 0 aromatic heterocycles.